The van der Waals surface area contributed by atoms with Gasteiger partial charge in [0.05, 0.1) is 60.3 Å². The van der Waals surface area contributed by atoms with E-state index in [9.17, 15) is 9.65 Å². The molecule has 2 fully saturated rings. The minimum absolute atomic E-state index is 0.297. The monoisotopic (exact) mass is 531 g/mol. The van der Waals surface area contributed by atoms with E-state index in [-0.39, 0.29) is 0 Å². The van der Waals surface area contributed by atoms with Crippen molar-refractivity contribution in [3.05, 3.63) is 59.6 Å². The van der Waals surface area contributed by atoms with Gasteiger partial charge in [0.15, 0.2) is 0 Å². The molecule has 0 radical (unpaired) electrons. The van der Waals surface area contributed by atoms with Crippen LogP contribution in [0.4, 0.5) is 10.1 Å². The molecule has 0 aliphatic carbocycles. The number of hydrogen-bond donors (Lipinski definition) is 1. The molecule has 2 saturated heterocycles. The third-order valence-electron chi connectivity index (χ3n) is 7.76. The number of ether oxygens (including phenoxy) is 2. The Morgan fingerprint density at radius 2 is 2.05 bits per heavy atom. The minimum atomic E-state index is -0.428. The molecule has 12 heteroatoms. The zero-order chi connectivity index (χ0) is 26.9. The van der Waals surface area contributed by atoms with E-state index in [1.54, 1.807) is 23.9 Å². The number of likely N-dealkylation sites (tertiary alicyclic amines) is 1. The van der Waals surface area contributed by atoms with E-state index < -0.39 is 11.9 Å². The van der Waals surface area contributed by atoms with Crippen molar-refractivity contribution in [2.24, 2.45) is 0 Å². The Kier molecular flexibility index (Phi) is 6.95. The molecule has 0 unspecified atom stereocenters. The second-order valence-corrected chi connectivity index (χ2v) is 10.0. The van der Waals surface area contributed by atoms with E-state index in [0.717, 1.165) is 56.1 Å². The van der Waals surface area contributed by atoms with E-state index in [1.165, 1.54) is 12.3 Å². The van der Waals surface area contributed by atoms with Crippen molar-refractivity contribution in [1.82, 2.24) is 34.5 Å². The van der Waals surface area contributed by atoms with E-state index in [0.29, 0.717) is 41.1 Å². The lowest BCUT2D eigenvalue weighted by Crippen LogP contribution is -2.52. The molecule has 0 bridgehead atoms. The van der Waals surface area contributed by atoms with E-state index in [4.69, 9.17) is 9.47 Å². The molecule has 0 spiro atoms. The molecular weight excluding hydrogens is 501 g/mol. The van der Waals surface area contributed by atoms with Gasteiger partial charge in [-0.15, -0.1) is 5.10 Å². The van der Waals surface area contributed by atoms with Crippen LogP contribution in [0.5, 0.6) is 0 Å². The maximum atomic E-state index is 13.4. The number of nitriles is 1. The Labute approximate surface area is 225 Å². The Hall–Kier alpha value is -3.92. The standard InChI is InChI=1S/C27H30FN9O2/c1-17-26(33-34-37(17)21-5-7-35(8-6-21)22-15-39-16-22)18-9-24(27-19(10-29)11-32-36(27)14-18)31-13-25(38-2)23-4-3-20(28)12-30-23/h3-4,9,11-12,14,21-22,25,31H,5-8,13,15-16H2,1-2H3/t25-/m1/s1. The van der Waals surface area contributed by atoms with Gasteiger partial charge in [0.1, 0.15) is 29.2 Å². The van der Waals surface area contributed by atoms with Crippen LogP contribution in [-0.4, -0.2) is 80.5 Å². The highest BCUT2D eigenvalue weighted by atomic mass is 19.1. The lowest BCUT2D eigenvalue weighted by molar-refractivity contribution is -0.0735. The van der Waals surface area contributed by atoms with Crippen molar-refractivity contribution in [2.45, 2.75) is 38.0 Å². The summed E-state index contributed by atoms with van der Waals surface area (Å²) in [7, 11) is 1.58. The van der Waals surface area contributed by atoms with Gasteiger partial charge >= 0.3 is 0 Å². The second-order valence-electron chi connectivity index (χ2n) is 10.0. The predicted molar refractivity (Wildman–Crippen MR) is 141 cm³/mol. The van der Waals surface area contributed by atoms with Crippen LogP contribution in [0, 0.1) is 24.1 Å². The van der Waals surface area contributed by atoms with E-state index >= 15 is 0 Å². The van der Waals surface area contributed by atoms with Crippen molar-refractivity contribution in [1.29, 1.82) is 5.26 Å². The van der Waals surface area contributed by atoms with Gasteiger partial charge in [0.2, 0.25) is 0 Å². The molecule has 0 amide bonds. The third kappa shape index (κ3) is 4.85. The van der Waals surface area contributed by atoms with Crippen LogP contribution >= 0.6 is 0 Å². The fourth-order valence-corrected chi connectivity index (χ4v) is 5.44. The number of fused-ring (bicyclic) bond motifs is 1. The number of pyridine rings is 2. The minimum Gasteiger partial charge on any atom is -0.380 e. The zero-order valence-electron chi connectivity index (χ0n) is 21.9. The first-order valence-electron chi connectivity index (χ1n) is 13.1. The fraction of sp³-hybridized carbons (Fsp3) is 0.444. The quantitative estimate of drug-likeness (QED) is 0.366. The predicted octanol–water partition coefficient (Wildman–Crippen LogP) is 3.14. The van der Waals surface area contributed by atoms with Gasteiger partial charge < -0.3 is 14.8 Å². The van der Waals surface area contributed by atoms with Gasteiger partial charge in [-0.1, -0.05) is 5.21 Å². The maximum Gasteiger partial charge on any atom is 0.141 e. The lowest BCUT2D eigenvalue weighted by atomic mass is 10.0. The number of aromatic nitrogens is 6. The molecule has 2 aliphatic rings. The number of rotatable bonds is 8. The molecular formula is C27H30FN9O2. The van der Waals surface area contributed by atoms with Crippen molar-refractivity contribution < 1.29 is 13.9 Å². The molecule has 4 aromatic heterocycles. The van der Waals surface area contributed by atoms with Crippen LogP contribution < -0.4 is 5.32 Å². The number of anilines is 1. The fourth-order valence-electron chi connectivity index (χ4n) is 5.44. The highest BCUT2D eigenvalue weighted by molar-refractivity contribution is 5.82. The van der Waals surface area contributed by atoms with Crippen LogP contribution in [0.2, 0.25) is 0 Å². The van der Waals surface area contributed by atoms with Crippen molar-refractivity contribution in [2.75, 3.05) is 45.3 Å². The van der Waals surface area contributed by atoms with Crippen LogP contribution in [-0.2, 0) is 9.47 Å². The molecule has 1 atom stereocenters. The lowest BCUT2D eigenvalue weighted by Gasteiger charge is -2.41. The van der Waals surface area contributed by atoms with Gasteiger partial charge in [-0.25, -0.2) is 13.6 Å². The van der Waals surface area contributed by atoms with Crippen LogP contribution in [0.1, 0.15) is 41.9 Å². The number of piperidine rings is 1. The summed E-state index contributed by atoms with van der Waals surface area (Å²) in [5, 5.41) is 26.6. The number of hydrogen-bond acceptors (Lipinski definition) is 9. The first-order valence-corrected chi connectivity index (χ1v) is 13.1. The molecule has 0 aromatic carbocycles. The number of nitrogens with zero attached hydrogens (tertiary/aromatic N) is 8. The summed E-state index contributed by atoms with van der Waals surface area (Å²) in [6.45, 7) is 6.12. The summed E-state index contributed by atoms with van der Waals surface area (Å²) in [5.41, 5.74) is 5.00. The Morgan fingerprint density at radius 3 is 2.72 bits per heavy atom. The second kappa shape index (κ2) is 10.7. The molecule has 4 aromatic rings. The van der Waals surface area contributed by atoms with Gasteiger partial charge in [-0.3, -0.25) is 9.88 Å². The summed E-state index contributed by atoms with van der Waals surface area (Å²) in [6.07, 6.45) is 6.20. The summed E-state index contributed by atoms with van der Waals surface area (Å²) in [6, 6.07) is 7.99. The molecule has 39 heavy (non-hydrogen) atoms. The van der Waals surface area contributed by atoms with Crippen LogP contribution in [0.3, 0.4) is 0 Å². The van der Waals surface area contributed by atoms with Crippen LogP contribution in [0.25, 0.3) is 16.8 Å². The highest BCUT2D eigenvalue weighted by Gasteiger charge is 2.31. The summed E-state index contributed by atoms with van der Waals surface area (Å²) in [5.74, 6) is -0.407. The van der Waals surface area contributed by atoms with Crippen molar-refractivity contribution in [3.63, 3.8) is 0 Å². The molecule has 6 rings (SSSR count). The number of nitrogens with one attached hydrogen (secondary N) is 1. The average Bonchev–Trinajstić information content (AvgIpc) is 3.52. The molecule has 11 nitrogen and oxygen atoms in total. The molecule has 2 aliphatic heterocycles. The normalized spacial score (nSPS) is 17.7. The highest BCUT2D eigenvalue weighted by Crippen LogP contribution is 2.32. The molecule has 0 saturated carbocycles. The van der Waals surface area contributed by atoms with E-state index in [2.05, 4.69) is 36.7 Å². The number of methoxy groups -OCH3 is 1. The van der Waals surface area contributed by atoms with Gasteiger partial charge in [-0.05, 0) is 38.0 Å². The Balaban J connectivity index is 1.27. The summed E-state index contributed by atoms with van der Waals surface area (Å²) >= 11 is 0. The van der Waals surface area contributed by atoms with Crippen molar-refractivity contribution >= 4 is 11.2 Å². The first kappa shape index (κ1) is 25.4. The zero-order valence-corrected chi connectivity index (χ0v) is 21.9. The largest absolute Gasteiger partial charge is 0.380 e. The Morgan fingerprint density at radius 1 is 1.23 bits per heavy atom. The van der Waals surface area contributed by atoms with Crippen molar-refractivity contribution in [3.8, 4) is 17.3 Å². The average molecular weight is 532 g/mol. The number of halogens is 1. The van der Waals surface area contributed by atoms with Gasteiger partial charge in [-0.2, -0.15) is 10.4 Å². The molecule has 202 valence electrons. The molecule has 1 N–H and O–H groups in total. The van der Waals surface area contributed by atoms with Gasteiger partial charge in [0, 0.05) is 38.5 Å². The topological polar surface area (TPSA) is 118 Å². The van der Waals surface area contributed by atoms with Gasteiger partial charge in [0.25, 0.3) is 0 Å². The maximum absolute atomic E-state index is 13.4. The first-order chi connectivity index (χ1) is 19.1. The molecule has 6 heterocycles. The summed E-state index contributed by atoms with van der Waals surface area (Å²) < 4.78 is 28.1. The Bertz CT molecular complexity index is 1500. The van der Waals surface area contributed by atoms with E-state index in [1.807, 2.05) is 23.9 Å². The smallest absolute Gasteiger partial charge is 0.141 e. The third-order valence-corrected chi connectivity index (χ3v) is 7.76. The summed E-state index contributed by atoms with van der Waals surface area (Å²) in [4.78, 5) is 6.67. The SMILES string of the molecule is CO[C@H](CNc1cc(-c2nnn(C3CCN(C4COC4)CC3)c2C)cn2ncc(C#N)c12)c1ccc(F)cn1. The van der Waals surface area contributed by atoms with Crippen LogP contribution in [0.15, 0.2) is 36.8 Å².